The third kappa shape index (κ3) is 7.30. The zero-order valence-electron chi connectivity index (χ0n) is 20.0. The van der Waals surface area contributed by atoms with E-state index in [2.05, 4.69) is 5.32 Å². The number of hydrogen-bond acceptors (Lipinski definition) is 4. The standard InChI is InChI=1S/C23H29Cl2FN4O4S/c1-5-21(23(32)27-6-2)29(14-16-7-8-17(24)13-20(16)25)22(31)15-30(35(33,34)28(3)4)19-11-9-18(26)10-12-19/h7-13,21H,5-6,14-15H2,1-4H3,(H,27,32)/t21-/m1/s1. The van der Waals surface area contributed by atoms with Gasteiger partial charge in [0.1, 0.15) is 18.4 Å². The Morgan fingerprint density at radius 1 is 1.06 bits per heavy atom. The van der Waals surface area contributed by atoms with Crippen molar-refractivity contribution in [2.75, 3.05) is 31.5 Å². The topological polar surface area (TPSA) is 90.0 Å². The van der Waals surface area contributed by atoms with E-state index in [9.17, 15) is 22.4 Å². The van der Waals surface area contributed by atoms with Crippen LogP contribution in [0.25, 0.3) is 0 Å². The fraction of sp³-hybridized carbons (Fsp3) is 0.391. The van der Waals surface area contributed by atoms with Crippen LogP contribution in [0, 0.1) is 5.82 Å². The molecule has 0 aromatic heterocycles. The molecule has 2 rings (SSSR count). The highest BCUT2D eigenvalue weighted by Crippen LogP contribution is 2.25. The first-order chi connectivity index (χ1) is 16.4. The maximum atomic E-state index is 13.6. The molecule has 8 nitrogen and oxygen atoms in total. The summed E-state index contributed by atoms with van der Waals surface area (Å²) in [5.74, 6) is -1.57. The SMILES string of the molecule is CCNC(=O)[C@@H](CC)N(Cc1ccc(Cl)cc1Cl)C(=O)CN(c1ccc(F)cc1)S(=O)(=O)N(C)C. The molecule has 0 bridgehead atoms. The Morgan fingerprint density at radius 2 is 1.69 bits per heavy atom. The molecule has 0 fully saturated rings. The number of carbonyl (C=O) groups is 2. The van der Waals surface area contributed by atoms with Crippen molar-refractivity contribution < 1.29 is 22.4 Å². The molecule has 0 radical (unpaired) electrons. The summed E-state index contributed by atoms with van der Waals surface area (Å²) < 4.78 is 41.5. The minimum atomic E-state index is -4.13. The Hall–Kier alpha value is -2.40. The van der Waals surface area contributed by atoms with Crippen LogP contribution in [0.5, 0.6) is 0 Å². The van der Waals surface area contributed by atoms with Gasteiger partial charge in [-0.15, -0.1) is 0 Å². The number of nitrogens with one attached hydrogen (secondary N) is 1. The van der Waals surface area contributed by atoms with Crippen LogP contribution in [0.2, 0.25) is 10.0 Å². The third-order valence-corrected chi connectivity index (χ3v) is 7.63. The number of amides is 2. The highest BCUT2D eigenvalue weighted by Gasteiger charge is 2.33. The summed E-state index contributed by atoms with van der Waals surface area (Å²) in [5, 5.41) is 3.42. The molecular weight excluding hydrogens is 518 g/mol. The molecule has 0 saturated heterocycles. The Kier molecular flexibility index (Phi) is 10.3. The van der Waals surface area contributed by atoms with Crippen LogP contribution < -0.4 is 9.62 Å². The molecular formula is C23H29Cl2FN4O4S. The lowest BCUT2D eigenvalue weighted by Gasteiger charge is -2.34. The molecule has 2 amide bonds. The van der Waals surface area contributed by atoms with Gasteiger partial charge < -0.3 is 10.2 Å². The molecule has 2 aromatic rings. The van der Waals surface area contributed by atoms with E-state index in [0.717, 1.165) is 20.7 Å². The first kappa shape index (κ1) is 28.8. The van der Waals surface area contributed by atoms with Gasteiger partial charge in [0.2, 0.25) is 11.8 Å². The summed E-state index contributed by atoms with van der Waals surface area (Å²) in [4.78, 5) is 27.7. The molecule has 1 atom stereocenters. The van der Waals surface area contributed by atoms with Crippen LogP contribution in [0.15, 0.2) is 42.5 Å². The summed E-state index contributed by atoms with van der Waals surface area (Å²) in [6, 6.07) is 8.64. The Labute approximate surface area is 215 Å². The highest BCUT2D eigenvalue weighted by atomic mass is 35.5. The van der Waals surface area contributed by atoms with Gasteiger partial charge in [-0.05, 0) is 55.3 Å². The molecule has 0 unspecified atom stereocenters. The van der Waals surface area contributed by atoms with Gasteiger partial charge in [-0.1, -0.05) is 36.2 Å². The fourth-order valence-corrected chi connectivity index (χ4v) is 4.89. The number of carbonyl (C=O) groups excluding carboxylic acids is 2. The van der Waals surface area contributed by atoms with Gasteiger partial charge in [-0.3, -0.25) is 9.59 Å². The number of rotatable bonds is 11. The lowest BCUT2D eigenvalue weighted by Crippen LogP contribution is -2.53. The van der Waals surface area contributed by atoms with E-state index in [0.29, 0.717) is 22.2 Å². The van der Waals surface area contributed by atoms with Gasteiger partial charge in [0, 0.05) is 37.2 Å². The number of benzene rings is 2. The summed E-state index contributed by atoms with van der Waals surface area (Å²) in [5.41, 5.74) is 0.639. The van der Waals surface area contributed by atoms with Gasteiger partial charge in [-0.25, -0.2) is 8.70 Å². The van der Waals surface area contributed by atoms with Gasteiger partial charge in [-0.2, -0.15) is 12.7 Å². The molecule has 192 valence electrons. The zero-order valence-corrected chi connectivity index (χ0v) is 22.3. The van der Waals surface area contributed by atoms with Gasteiger partial charge in [0.05, 0.1) is 5.69 Å². The monoisotopic (exact) mass is 546 g/mol. The molecule has 0 heterocycles. The van der Waals surface area contributed by atoms with E-state index in [4.69, 9.17) is 23.2 Å². The van der Waals surface area contributed by atoms with E-state index in [-0.39, 0.29) is 24.6 Å². The van der Waals surface area contributed by atoms with E-state index < -0.39 is 34.5 Å². The lowest BCUT2D eigenvalue weighted by molar-refractivity contribution is -0.140. The van der Waals surface area contributed by atoms with Gasteiger partial charge in [0.25, 0.3) is 0 Å². The van der Waals surface area contributed by atoms with Gasteiger partial charge in [0.15, 0.2) is 0 Å². The van der Waals surface area contributed by atoms with Crippen molar-refractivity contribution >= 4 is 50.9 Å². The molecule has 2 aromatic carbocycles. The molecule has 0 saturated carbocycles. The molecule has 0 aliphatic carbocycles. The van der Waals surface area contributed by atoms with Gasteiger partial charge >= 0.3 is 10.2 Å². The third-order valence-electron chi connectivity index (χ3n) is 5.23. The van der Waals surface area contributed by atoms with E-state index in [1.807, 2.05) is 0 Å². The minimum Gasteiger partial charge on any atom is -0.355 e. The summed E-state index contributed by atoms with van der Waals surface area (Å²) in [7, 11) is -1.48. The highest BCUT2D eigenvalue weighted by molar-refractivity contribution is 7.90. The molecule has 12 heteroatoms. The minimum absolute atomic E-state index is 0.0518. The van der Waals surface area contributed by atoms with Crippen molar-refractivity contribution in [1.29, 1.82) is 0 Å². The molecule has 0 aliphatic heterocycles. The summed E-state index contributed by atoms with van der Waals surface area (Å²) in [6.45, 7) is 3.19. The Balaban J connectivity index is 2.52. The number of anilines is 1. The number of halogens is 3. The van der Waals surface area contributed by atoms with Crippen LogP contribution in [-0.4, -0.2) is 62.7 Å². The maximum Gasteiger partial charge on any atom is 0.304 e. The van der Waals surface area contributed by atoms with Crippen molar-refractivity contribution in [3.8, 4) is 0 Å². The smallest absolute Gasteiger partial charge is 0.304 e. The second kappa shape index (κ2) is 12.5. The quantitative estimate of drug-likeness (QED) is 0.465. The average molecular weight is 547 g/mol. The van der Waals surface area contributed by atoms with Crippen molar-refractivity contribution in [3.05, 3.63) is 63.9 Å². The molecule has 0 aliphatic rings. The summed E-state index contributed by atoms with van der Waals surface area (Å²) in [6.07, 6.45) is 0.278. The summed E-state index contributed by atoms with van der Waals surface area (Å²) >= 11 is 12.3. The predicted molar refractivity (Wildman–Crippen MR) is 136 cm³/mol. The van der Waals surface area contributed by atoms with E-state index in [1.54, 1.807) is 26.0 Å². The number of nitrogens with zero attached hydrogens (tertiary/aromatic N) is 3. The number of likely N-dealkylation sites (N-methyl/N-ethyl adjacent to an activating group) is 1. The fourth-order valence-electron chi connectivity index (χ4n) is 3.37. The first-order valence-electron chi connectivity index (χ1n) is 10.9. The Bertz CT molecular complexity index is 1150. The number of hydrogen-bond donors (Lipinski definition) is 1. The first-order valence-corrected chi connectivity index (χ1v) is 13.0. The second-order valence-corrected chi connectivity index (χ2v) is 10.8. The predicted octanol–water partition coefficient (Wildman–Crippen LogP) is 3.69. The Morgan fingerprint density at radius 3 is 2.20 bits per heavy atom. The van der Waals surface area contributed by atoms with Crippen LogP contribution >= 0.6 is 23.2 Å². The van der Waals surface area contributed by atoms with Crippen molar-refractivity contribution in [2.24, 2.45) is 0 Å². The van der Waals surface area contributed by atoms with Crippen molar-refractivity contribution in [3.63, 3.8) is 0 Å². The molecule has 35 heavy (non-hydrogen) atoms. The van der Waals surface area contributed by atoms with E-state index >= 15 is 0 Å². The maximum absolute atomic E-state index is 13.6. The van der Waals surface area contributed by atoms with Crippen LogP contribution in [0.4, 0.5) is 10.1 Å². The van der Waals surface area contributed by atoms with Crippen LogP contribution in [0.3, 0.4) is 0 Å². The van der Waals surface area contributed by atoms with Crippen molar-refractivity contribution in [2.45, 2.75) is 32.9 Å². The second-order valence-electron chi connectivity index (χ2n) is 7.85. The normalized spacial score (nSPS) is 12.3. The average Bonchev–Trinajstić information content (AvgIpc) is 2.79. The van der Waals surface area contributed by atoms with Crippen LogP contribution in [-0.2, 0) is 26.3 Å². The largest absolute Gasteiger partial charge is 0.355 e. The lowest BCUT2D eigenvalue weighted by atomic mass is 10.1. The van der Waals surface area contributed by atoms with E-state index in [1.165, 1.54) is 37.2 Å². The molecule has 1 N–H and O–H groups in total. The zero-order chi connectivity index (χ0) is 26.3. The van der Waals surface area contributed by atoms with Crippen molar-refractivity contribution in [1.82, 2.24) is 14.5 Å². The molecule has 0 spiro atoms. The van der Waals surface area contributed by atoms with Crippen LogP contribution in [0.1, 0.15) is 25.8 Å².